The molecular weight excluding hydrogens is 345 g/mol. The molecular formula is C18H23F3N4O. The molecule has 0 aliphatic carbocycles. The maximum Gasteiger partial charge on any atom is 0.416 e. The van der Waals surface area contributed by atoms with E-state index in [0.29, 0.717) is 24.1 Å². The van der Waals surface area contributed by atoms with Gasteiger partial charge in [-0.1, -0.05) is 31.2 Å². The van der Waals surface area contributed by atoms with Crippen molar-refractivity contribution in [2.24, 2.45) is 13.0 Å². The van der Waals surface area contributed by atoms with Crippen molar-refractivity contribution in [2.45, 2.75) is 50.6 Å². The van der Waals surface area contributed by atoms with Crippen LogP contribution in [0.15, 0.2) is 30.5 Å². The summed E-state index contributed by atoms with van der Waals surface area (Å²) in [6.07, 6.45) is -1.86. The van der Waals surface area contributed by atoms with Crippen molar-refractivity contribution in [3.05, 3.63) is 47.3 Å². The third kappa shape index (κ3) is 3.76. The fourth-order valence-corrected chi connectivity index (χ4v) is 3.51. The van der Waals surface area contributed by atoms with E-state index in [1.807, 2.05) is 13.8 Å². The van der Waals surface area contributed by atoms with Gasteiger partial charge in [-0.25, -0.2) is 0 Å². The van der Waals surface area contributed by atoms with E-state index in [1.165, 1.54) is 12.1 Å². The molecule has 3 atom stereocenters. The smallest absolute Gasteiger partial charge is 0.385 e. The SMILES string of the molecule is CC(C)C1CC(O)(c2ccc(C(F)(F)F)cc2)CC(c2cn(C)nn2)N1. The van der Waals surface area contributed by atoms with Crippen molar-refractivity contribution in [1.29, 1.82) is 0 Å². The Labute approximate surface area is 150 Å². The van der Waals surface area contributed by atoms with Gasteiger partial charge in [-0.05, 0) is 30.0 Å². The molecule has 2 aromatic rings. The zero-order valence-corrected chi connectivity index (χ0v) is 15.0. The number of aliphatic hydroxyl groups is 1. The average Bonchev–Trinajstić information content (AvgIpc) is 3.00. The Bertz CT molecular complexity index is 757. The molecule has 1 fully saturated rings. The molecule has 142 valence electrons. The Kier molecular flexibility index (Phi) is 4.83. The summed E-state index contributed by atoms with van der Waals surface area (Å²) in [5, 5.41) is 22.9. The molecule has 26 heavy (non-hydrogen) atoms. The van der Waals surface area contributed by atoms with E-state index in [0.717, 1.165) is 12.1 Å². The van der Waals surface area contributed by atoms with Crippen molar-refractivity contribution in [3.8, 4) is 0 Å². The summed E-state index contributed by atoms with van der Waals surface area (Å²) in [5.74, 6) is 0.246. The van der Waals surface area contributed by atoms with Crippen LogP contribution in [0.2, 0.25) is 0 Å². The molecule has 0 saturated carbocycles. The molecule has 5 nitrogen and oxygen atoms in total. The third-order valence-electron chi connectivity index (χ3n) is 5.05. The number of aryl methyl sites for hydroxylation is 1. The van der Waals surface area contributed by atoms with Gasteiger partial charge in [-0.3, -0.25) is 4.68 Å². The second-order valence-corrected chi connectivity index (χ2v) is 7.40. The van der Waals surface area contributed by atoms with Crippen LogP contribution in [0, 0.1) is 5.92 Å². The molecule has 1 saturated heterocycles. The van der Waals surface area contributed by atoms with Gasteiger partial charge in [0.2, 0.25) is 0 Å². The number of benzene rings is 1. The Morgan fingerprint density at radius 3 is 2.38 bits per heavy atom. The van der Waals surface area contributed by atoms with Crippen LogP contribution in [-0.4, -0.2) is 26.1 Å². The highest BCUT2D eigenvalue weighted by Gasteiger charge is 2.42. The molecule has 0 radical (unpaired) electrons. The summed E-state index contributed by atoms with van der Waals surface area (Å²) in [7, 11) is 1.77. The first kappa shape index (κ1) is 18.8. The lowest BCUT2D eigenvalue weighted by molar-refractivity contribution is -0.137. The Morgan fingerprint density at radius 1 is 1.23 bits per heavy atom. The molecule has 3 unspecified atom stereocenters. The zero-order valence-electron chi connectivity index (χ0n) is 15.0. The molecule has 0 spiro atoms. The minimum absolute atomic E-state index is 0.00282. The summed E-state index contributed by atoms with van der Waals surface area (Å²) < 4.78 is 40.1. The summed E-state index contributed by atoms with van der Waals surface area (Å²) in [6, 6.07) is 4.58. The van der Waals surface area contributed by atoms with E-state index in [1.54, 1.807) is 17.9 Å². The molecule has 0 bridgehead atoms. The topological polar surface area (TPSA) is 63.0 Å². The fourth-order valence-electron chi connectivity index (χ4n) is 3.51. The van der Waals surface area contributed by atoms with E-state index >= 15 is 0 Å². The minimum Gasteiger partial charge on any atom is -0.385 e. The number of halogens is 3. The lowest BCUT2D eigenvalue weighted by Gasteiger charge is -2.43. The number of piperidine rings is 1. The van der Waals surface area contributed by atoms with Gasteiger partial charge in [0.25, 0.3) is 0 Å². The summed E-state index contributed by atoms with van der Waals surface area (Å²) >= 11 is 0. The third-order valence-corrected chi connectivity index (χ3v) is 5.05. The largest absolute Gasteiger partial charge is 0.416 e. The minimum atomic E-state index is -4.39. The highest BCUT2D eigenvalue weighted by Crippen LogP contribution is 2.42. The van der Waals surface area contributed by atoms with Gasteiger partial charge in [0, 0.05) is 25.7 Å². The lowest BCUT2D eigenvalue weighted by Crippen LogP contribution is -2.50. The number of nitrogens with one attached hydrogen (secondary N) is 1. The van der Waals surface area contributed by atoms with Crippen LogP contribution in [-0.2, 0) is 18.8 Å². The average molecular weight is 368 g/mol. The highest BCUT2D eigenvalue weighted by molar-refractivity contribution is 5.30. The number of nitrogens with zero attached hydrogens (tertiary/aromatic N) is 3. The molecule has 1 aromatic heterocycles. The molecule has 3 rings (SSSR count). The quantitative estimate of drug-likeness (QED) is 0.874. The first-order chi connectivity index (χ1) is 12.1. The predicted molar refractivity (Wildman–Crippen MR) is 90.1 cm³/mol. The van der Waals surface area contributed by atoms with Crippen molar-refractivity contribution < 1.29 is 18.3 Å². The first-order valence-corrected chi connectivity index (χ1v) is 8.61. The maximum absolute atomic E-state index is 12.8. The summed E-state index contributed by atoms with van der Waals surface area (Å²) in [4.78, 5) is 0. The Hall–Kier alpha value is -1.93. The van der Waals surface area contributed by atoms with Crippen LogP contribution in [0.3, 0.4) is 0 Å². The second kappa shape index (κ2) is 6.66. The van der Waals surface area contributed by atoms with Gasteiger partial charge in [0.15, 0.2) is 0 Å². The van der Waals surface area contributed by atoms with Crippen molar-refractivity contribution >= 4 is 0 Å². The Balaban J connectivity index is 1.92. The van der Waals surface area contributed by atoms with Gasteiger partial charge in [-0.2, -0.15) is 13.2 Å². The lowest BCUT2D eigenvalue weighted by atomic mass is 9.75. The highest BCUT2D eigenvalue weighted by atomic mass is 19.4. The number of hydrogen-bond donors (Lipinski definition) is 2. The van der Waals surface area contributed by atoms with Gasteiger partial charge in [0.05, 0.1) is 22.9 Å². The number of alkyl halides is 3. The van der Waals surface area contributed by atoms with Crippen LogP contribution >= 0.6 is 0 Å². The molecule has 8 heteroatoms. The van der Waals surface area contributed by atoms with Gasteiger partial charge < -0.3 is 10.4 Å². The number of rotatable bonds is 3. The molecule has 2 N–H and O–H groups in total. The molecule has 0 amide bonds. The van der Waals surface area contributed by atoms with E-state index in [-0.39, 0.29) is 18.0 Å². The predicted octanol–water partition coefficient (Wildman–Crippen LogP) is 3.17. The van der Waals surface area contributed by atoms with E-state index < -0.39 is 17.3 Å². The fraction of sp³-hybridized carbons (Fsp3) is 0.556. The molecule has 2 heterocycles. The molecule has 1 aliphatic rings. The summed E-state index contributed by atoms with van der Waals surface area (Å²) in [6.45, 7) is 4.09. The molecule has 1 aromatic carbocycles. The molecule has 1 aliphatic heterocycles. The maximum atomic E-state index is 12.8. The van der Waals surface area contributed by atoms with Crippen molar-refractivity contribution in [2.75, 3.05) is 0 Å². The number of hydrogen-bond acceptors (Lipinski definition) is 4. The van der Waals surface area contributed by atoms with Gasteiger partial charge in [-0.15, -0.1) is 5.10 Å². The van der Waals surface area contributed by atoms with Crippen LogP contribution in [0.1, 0.15) is 49.6 Å². The van der Waals surface area contributed by atoms with E-state index in [4.69, 9.17) is 0 Å². The van der Waals surface area contributed by atoms with Crippen molar-refractivity contribution in [1.82, 2.24) is 20.3 Å². The van der Waals surface area contributed by atoms with Crippen LogP contribution in [0.5, 0.6) is 0 Å². The normalized spacial score (nSPS) is 27.1. The second-order valence-electron chi connectivity index (χ2n) is 7.40. The van der Waals surface area contributed by atoms with E-state index in [2.05, 4.69) is 15.6 Å². The number of aromatic nitrogens is 3. The van der Waals surface area contributed by atoms with Gasteiger partial charge in [0.1, 0.15) is 0 Å². The Morgan fingerprint density at radius 2 is 1.88 bits per heavy atom. The van der Waals surface area contributed by atoms with E-state index in [9.17, 15) is 18.3 Å². The monoisotopic (exact) mass is 368 g/mol. The first-order valence-electron chi connectivity index (χ1n) is 8.61. The van der Waals surface area contributed by atoms with Crippen LogP contribution in [0.4, 0.5) is 13.2 Å². The standard InChI is InChI=1S/C18H23F3N4O/c1-11(2)14-8-17(26,9-15(22-14)16-10-25(3)24-23-16)12-4-6-13(7-5-12)18(19,20)21/h4-7,10-11,14-15,22,26H,8-9H2,1-3H3. The van der Waals surface area contributed by atoms with Gasteiger partial charge >= 0.3 is 6.18 Å². The van der Waals surface area contributed by atoms with Crippen LogP contribution in [0.25, 0.3) is 0 Å². The summed E-state index contributed by atoms with van der Waals surface area (Å²) in [5.41, 5.74) is -0.744. The van der Waals surface area contributed by atoms with Crippen molar-refractivity contribution in [3.63, 3.8) is 0 Å². The van der Waals surface area contributed by atoms with Crippen LogP contribution < -0.4 is 5.32 Å². The zero-order chi connectivity index (χ0) is 19.1.